The van der Waals surface area contributed by atoms with Crippen molar-refractivity contribution in [3.05, 3.63) is 46.8 Å². The minimum absolute atomic E-state index is 0.847. The lowest BCUT2D eigenvalue weighted by Gasteiger charge is -2.10. The highest BCUT2D eigenvalue weighted by molar-refractivity contribution is 5.47. The maximum absolute atomic E-state index is 4.32. The van der Waals surface area contributed by atoms with Gasteiger partial charge < -0.3 is 5.32 Å². The molecule has 0 fully saturated rings. The fourth-order valence-corrected chi connectivity index (χ4v) is 1.97. The van der Waals surface area contributed by atoms with Gasteiger partial charge in [0.05, 0.1) is 11.4 Å². The Kier molecular flexibility index (Phi) is 3.18. The molecule has 1 N–H and O–H groups in total. The van der Waals surface area contributed by atoms with Gasteiger partial charge in [0.15, 0.2) is 0 Å². The first-order chi connectivity index (χ1) is 8.08. The Labute approximate surface area is 102 Å². The molecule has 0 atom stereocenters. The third-order valence-corrected chi connectivity index (χ3v) is 3.20. The minimum atomic E-state index is 0.847. The molecule has 0 saturated heterocycles. The van der Waals surface area contributed by atoms with Crippen LogP contribution in [0.1, 0.15) is 22.4 Å². The molecular weight excluding hydrogens is 210 g/mol. The molecule has 90 valence electrons. The fourth-order valence-electron chi connectivity index (χ4n) is 1.97. The summed E-state index contributed by atoms with van der Waals surface area (Å²) in [6.45, 7) is 7.18. The monoisotopic (exact) mass is 229 g/mol. The van der Waals surface area contributed by atoms with E-state index >= 15 is 0 Å². The van der Waals surface area contributed by atoms with Crippen molar-refractivity contribution >= 4 is 5.69 Å². The summed E-state index contributed by atoms with van der Waals surface area (Å²) in [5.41, 5.74) is 6.19. The number of hydrogen-bond donors (Lipinski definition) is 1. The van der Waals surface area contributed by atoms with Gasteiger partial charge in [-0.05, 0) is 37.5 Å². The van der Waals surface area contributed by atoms with E-state index in [2.05, 4.69) is 42.5 Å². The van der Waals surface area contributed by atoms with Crippen molar-refractivity contribution in [1.29, 1.82) is 0 Å². The number of nitrogens with one attached hydrogen (secondary N) is 1. The van der Waals surface area contributed by atoms with Crippen LogP contribution in [0.25, 0.3) is 0 Å². The number of rotatable bonds is 3. The van der Waals surface area contributed by atoms with Gasteiger partial charge in [0, 0.05) is 19.8 Å². The first kappa shape index (κ1) is 11.7. The summed E-state index contributed by atoms with van der Waals surface area (Å²) in [5, 5.41) is 7.75. The Morgan fingerprint density at radius 2 is 2.00 bits per heavy atom. The predicted octanol–water partition coefficient (Wildman–Crippen LogP) is 2.96. The van der Waals surface area contributed by atoms with E-state index in [1.54, 1.807) is 0 Å². The second-order valence-electron chi connectivity index (χ2n) is 4.51. The molecule has 0 amide bonds. The largest absolute Gasteiger partial charge is 0.378 e. The number of hydrogen-bond acceptors (Lipinski definition) is 2. The Morgan fingerprint density at radius 1 is 1.24 bits per heavy atom. The molecule has 3 heteroatoms. The van der Waals surface area contributed by atoms with Crippen molar-refractivity contribution < 1.29 is 0 Å². The maximum Gasteiger partial charge on any atom is 0.0825 e. The molecule has 17 heavy (non-hydrogen) atoms. The number of benzene rings is 1. The average Bonchev–Trinajstić information content (AvgIpc) is 2.60. The molecule has 2 aromatic rings. The van der Waals surface area contributed by atoms with Gasteiger partial charge in [0.25, 0.3) is 0 Å². The average molecular weight is 229 g/mol. The maximum atomic E-state index is 4.32. The van der Waals surface area contributed by atoms with E-state index in [4.69, 9.17) is 0 Å². The van der Waals surface area contributed by atoms with Crippen LogP contribution in [0.3, 0.4) is 0 Å². The number of aryl methyl sites for hydroxylation is 3. The van der Waals surface area contributed by atoms with Gasteiger partial charge in [-0.15, -0.1) is 0 Å². The summed E-state index contributed by atoms with van der Waals surface area (Å²) in [6, 6.07) is 6.42. The van der Waals surface area contributed by atoms with Crippen molar-refractivity contribution in [2.24, 2.45) is 7.05 Å². The van der Waals surface area contributed by atoms with E-state index in [1.807, 2.05) is 24.9 Å². The predicted molar refractivity (Wildman–Crippen MR) is 71.2 cm³/mol. The van der Waals surface area contributed by atoms with Gasteiger partial charge in [-0.25, -0.2) is 0 Å². The summed E-state index contributed by atoms with van der Waals surface area (Å²) < 4.78 is 1.83. The van der Waals surface area contributed by atoms with Crippen molar-refractivity contribution in [2.45, 2.75) is 27.3 Å². The number of aromatic nitrogens is 2. The van der Waals surface area contributed by atoms with Crippen LogP contribution < -0.4 is 5.32 Å². The SMILES string of the molecule is Cc1cccc(CNc2cn(C)nc2C)c1C. The zero-order chi connectivity index (χ0) is 12.4. The summed E-state index contributed by atoms with van der Waals surface area (Å²) in [4.78, 5) is 0. The van der Waals surface area contributed by atoms with Gasteiger partial charge in [0.2, 0.25) is 0 Å². The Hall–Kier alpha value is -1.77. The molecule has 2 rings (SSSR count). The van der Waals surface area contributed by atoms with Gasteiger partial charge in [-0.2, -0.15) is 5.10 Å². The van der Waals surface area contributed by atoms with Crippen molar-refractivity contribution in [3.63, 3.8) is 0 Å². The molecule has 0 spiro atoms. The zero-order valence-electron chi connectivity index (χ0n) is 10.9. The fraction of sp³-hybridized carbons (Fsp3) is 0.357. The number of anilines is 1. The smallest absolute Gasteiger partial charge is 0.0825 e. The molecule has 3 nitrogen and oxygen atoms in total. The van der Waals surface area contributed by atoms with Gasteiger partial charge in [-0.3, -0.25) is 4.68 Å². The molecule has 0 bridgehead atoms. The highest BCUT2D eigenvalue weighted by atomic mass is 15.3. The first-order valence-corrected chi connectivity index (χ1v) is 5.87. The molecule has 0 aliphatic rings. The summed E-state index contributed by atoms with van der Waals surface area (Å²) >= 11 is 0. The minimum Gasteiger partial charge on any atom is -0.378 e. The van der Waals surface area contributed by atoms with Crippen LogP contribution in [0.4, 0.5) is 5.69 Å². The second-order valence-corrected chi connectivity index (χ2v) is 4.51. The van der Waals surface area contributed by atoms with Crippen LogP contribution in [-0.4, -0.2) is 9.78 Å². The zero-order valence-corrected chi connectivity index (χ0v) is 10.9. The van der Waals surface area contributed by atoms with Gasteiger partial charge in [0.1, 0.15) is 0 Å². The first-order valence-electron chi connectivity index (χ1n) is 5.87. The lowest BCUT2D eigenvalue weighted by molar-refractivity contribution is 0.756. The summed E-state index contributed by atoms with van der Waals surface area (Å²) in [7, 11) is 1.94. The topological polar surface area (TPSA) is 29.9 Å². The highest BCUT2D eigenvalue weighted by Crippen LogP contribution is 2.16. The molecule has 1 aromatic carbocycles. The molecule has 0 aliphatic carbocycles. The molecule has 1 heterocycles. The molecule has 0 aliphatic heterocycles. The van der Waals surface area contributed by atoms with Crippen LogP contribution in [0.2, 0.25) is 0 Å². The lowest BCUT2D eigenvalue weighted by Crippen LogP contribution is -2.02. The highest BCUT2D eigenvalue weighted by Gasteiger charge is 2.04. The molecular formula is C14H19N3. The third-order valence-electron chi connectivity index (χ3n) is 3.20. The van der Waals surface area contributed by atoms with E-state index in [9.17, 15) is 0 Å². The second kappa shape index (κ2) is 4.62. The van der Waals surface area contributed by atoms with E-state index in [-0.39, 0.29) is 0 Å². The van der Waals surface area contributed by atoms with Crippen molar-refractivity contribution in [1.82, 2.24) is 9.78 Å². The van der Waals surface area contributed by atoms with Crippen LogP contribution >= 0.6 is 0 Å². The summed E-state index contributed by atoms with van der Waals surface area (Å²) in [6.07, 6.45) is 2.01. The van der Waals surface area contributed by atoms with Crippen LogP contribution in [-0.2, 0) is 13.6 Å². The normalized spacial score (nSPS) is 10.6. The molecule has 1 aromatic heterocycles. The Balaban J connectivity index is 2.12. The van der Waals surface area contributed by atoms with Crippen molar-refractivity contribution in [3.8, 4) is 0 Å². The lowest BCUT2D eigenvalue weighted by atomic mass is 10.0. The van der Waals surface area contributed by atoms with Crippen molar-refractivity contribution in [2.75, 3.05) is 5.32 Å². The van der Waals surface area contributed by atoms with Gasteiger partial charge >= 0.3 is 0 Å². The van der Waals surface area contributed by atoms with Crippen LogP contribution in [0, 0.1) is 20.8 Å². The van der Waals surface area contributed by atoms with Crippen LogP contribution in [0.5, 0.6) is 0 Å². The van der Waals surface area contributed by atoms with E-state index < -0.39 is 0 Å². The quantitative estimate of drug-likeness (QED) is 0.877. The van der Waals surface area contributed by atoms with E-state index in [0.29, 0.717) is 0 Å². The van der Waals surface area contributed by atoms with E-state index in [0.717, 1.165) is 17.9 Å². The molecule has 0 unspecified atom stereocenters. The third kappa shape index (κ3) is 2.49. The molecule has 0 saturated carbocycles. The number of nitrogens with zero attached hydrogens (tertiary/aromatic N) is 2. The Bertz CT molecular complexity index is 526. The standard InChI is InChI=1S/C14H19N3/c1-10-6-5-7-13(11(10)2)8-15-14-9-17(4)16-12(14)3/h5-7,9,15H,8H2,1-4H3. The molecule has 0 radical (unpaired) electrons. The summed E-state index contributed by atoms with van der Waals surface area (Å²) in [5.74, 6) is 0. The Morgan fingerprint density at radius 3 is 2.65 bits per heavy atom. The van der Waals surface area contributed by atoms with Gasteiger partial charge in [-0.1, -0.05) is 18.2 Å². The van der Waals surface area contributed by atoms with E-state index in [1.165, 1.54) is 16.7 Å². The van der Waals surface area contributed by atoms with Crippen LogP contribution in [0.15, 0.2) is 24.4 Å².